The van der Waals surface area contributed by atoms with Crippen LogP contribution in [0.2, 0.25) is 5.02 Å². The fourth-order valence-corrected chi connectivity index (χ4v) is 6.30. The minimum Gasteiger partial charge on any atom is -0.484 e. The summed E-state index contributed by atoms with van der Waals surface area (Å²) in [7, 11) is 0. The Balaban J connectivity index is 1.43. The molecule has 0 saturated heterocycles. The predicted octanol–water partition coefficient (Wildman–Crippen LogP) is 6.07. The highest BCUT2D eigenvalue weighted by molar-refractivity contribution is 7.99. The quantitative estimate of drug-likeness (QED) is 0.167. The number of carbonyl (C=O) groups is 2. The Kier molecular flexibility index (Phi) is 9.45. The van der Waals surface area contributed by atoms with Crippen molar-refractivity contribution in [3.63, 3.8) is 0 Å². The first kappa shape index (κ1) is 28.1. The molecule has 0 radical (unpaired) electrons. The normalized spacial score (nSPS) is 12.8. The number of hydrogen-bond donors (Lipinski definition) is 1. The third-order valence-electron chi connectivity index (χ3n) is 5.66. The number of carbonyl (C=O) groups excluding carboxylic acids is 2. The highest BCUT2D eigenvalue weighted by Gasteiger charge is 2.28. The molecule has 0 spiro atoms. The van der Waals surface area contributed by atoms with Crippen LogP contribution in [0.3, 0.4) is 0 Å². The molecule has 8 nitrogen and oxygen atoms in total. The van der Waals surface area contributed by atoms with E-state index < -0.39 is 11.8 Å². The Hall–Kier alpha value is -2.89. The zero-order valence-electron chi connectivity index (χ0n) is 21.1. The number of amides is 1. The first-order valence-corrected chi connectivity index (χ1v) is 14.3. The molecule has 0 fully saturated rings. The summed E-state index contributed by atoms with van der Waals surface area (Å²) in [4.78, 5) is 26.9. The third-order valence-corrected chi connectivity index (χ3v) is 8.13. The largest absolute Gasteiger partial charge is 0.484 e. The number of aromatic nitrogens is 3. The van der Waals surface area contributed by atoms with E-state index in [2.05, 4.69) is 22.1 Å². The Labute approximate surface area is 233 Å². The van der Waals surface area contributed by atoms with Gasteiger partial charge in [0.1, 0.15) is 23.2 Å². The van der Waals surface area contributed by atoms with E-state index in [-0.39, 0.29) is 29.4 Å². The summed E-state index contributed by atoms with van der Waals surface area (Å²) >= 11 is 8.70. The number of nitrogens with one attached hydrogen (secondary N) is 1. The summed E-state index contributed by atoms with van der Waals surface area (Å²) < 4.78 is 26.2. The van der Waals surface area contributed by atoms with Crippen LogP contribution in [-0.4, -0.2) is 38.5 Å². The molecule has 1 amide bonds. The van der Waals surface area contributed by atoms with E-state index in [1.54, 1.807) is 24.5 Å². The van der Waals surface area contributed by atoms with Gasteiger partial charge in [0.05, 0.1) is 22.4 Å². The second-order valence-corrected chi connectivity index (χ2v) is 11.3. The topological polar surface area (TPSA) is 95.3 Å². The lowest BCUT2D eigenvalue weighted by atomic mass is 9.95. The standard InChI is InChI=1S/C26H28ClFN4O4S2/c1-4-11-32-21(13-35-19-10-9-16(28)12-18(19)27)30-31-26(32)37-14-22(33)29-24-23(25(34)36-15(2)3)17-7-5-6-8-20(17)38-24/h4,9-10,12,15H,1,5-8,11,13-14H2,2-3H3,(H,29,33). The number of halogens is 2. The Bertz CT molecular complexity index is 1340. The Morgan fingerprint density at radius 3 is 2.84 bits per heavy atom. The molecular weight excluding hydrogens is 551 g/mol. The average molecular weight is 579 g/mol. The monoisotopic (exact) mass is 578 g/mol. The minimum atomic E-state index is -0.458. The number of ether oxygens (including phenoxy) is 2. The third kappa shape index (κ3) is 6.75. The van der Waals surface area contributed by atoms with E-state index in [0.29, 0.717) is 33.8 Å². The number of aryl methyl sites for hydroxylation is 1. The van der Waals surface area contributed by atoms with Gasteiger partial charge in [0.2, 0.25) is 5.91 Å². The van der Waals surface area contributed by atoms with Crippen molar-refractivity contribution in [1.29, 1.82) is 0 Å². The first-order chi connectivity index (χ1) is 18.3. The van der Waals surface area contributed by atoms with Gasteiger partial charge in [0, 0.05) is 11.4 Å². The second kappa shape index (κ2) is 12.8. The number of nitrogens with zero attached hydrogens (tertiary/aromatic N) is 3. The van der Waals surface area contributed by atoms with Gasteiger partial charge in [-0.1, -0.05) is 29.4 Å². The van der Waals surface area contributed by atoms with Crippen molar-refractivity contribution in [2.24, 2.45) is 0 Å². The fourth-order valence-electron chi connectivity index (χ4n) is 4.02. The Morgan fingerprint density at radius 1 is 1.32 bits per heavy atom. The van der Waals surface area contributed by atoms with Gasteiger partial charge in [0.15, 0.2) is 11.0 Å². The molecule has 0 unspecified atom stereocenters. The summed E-state index contributed by atoms with van der Waals surface area (Å²) in [5, 5.41) is 12.5. The van der Waals surface area contributed by atoms with E-state index >= 15 is 0 Å². The number of thiophene rings is 1. The number of benzene rings is 1. The van der Waals surface area contributed by atoms with Crippen LogP contribution >= 0.6 is 34.7 Å². The molecule has 1 aliphatic rings. The molecule has 38 heavy (non-hydrogen) atoms. The van der Waals surface area contributed by atoms with Crippen LogP contribution in [0.4, 0.5) is 9.39 Å². The van der Waals surface area contributed by atoms with Crippen LogP contribution in [0.1, 0.15) is 53.3 Å². The van der Waals surface area contributed by atoms with E-state index in [9.17, 15) is 14.0 Å². The molecule has 202 valence electrons. The first-order valence-electron chi connectivity index (χ1n) is 12.2. The number of rotatable bonds is 11. The number of esters is 1. The molecule has 1 aromatic carbocycles. The van der Waals surface area contributed by atoms with Crippen molar-refractivity contribution in [3.8, 4) is 5.75 Å². The lowest BCUT2D eigenvalue weighted by molar-refractivity contribution is -0.113. The van der Waals surface area contributed by atoms with Gasteiger partial charge < -0.3 is 14.8 Å². The minimum absolute atomic E-state index is 0.0427. The number of fused-ring (bicyclic) bond motifs is 1. The highest BCUT2D eigenvalue weighted by Crippen LogP contribution is 2.39. The van der Waals surface area contributed by atoms with Crippen LogP contribution in [0.25, 0.3) is 0 Å². The van der Waals surface area contributed by atoms with Gasteiger partial charge in [-0.15, -0.1) is 28.1 Å². The number of hydrogen-bond acceptors (Lipinski definition) is 8. The number of anilines is 1. The lowest BCUT2D eigenvalue weighted by Crippen LogP contribution is -2.19. The van der Waals surface area contributed by atoms with Crippen molar-refractivity contribution < 1.29 is 23.5 Å². The number of thioether (sulfide) groups is 1. The van der Waals surface area contributed by atoms with Gasteiger partial charge in [-0.05, 0) is 63.3 Å². The van der Waals surface area contributed by atoms with E-state index in [4.69, 9.17) is 21.1 Å². The van der Waals surface area contributed by atoms with E-state index in [1.165, 1.54) is 41.3 Å². The van der Waals surface area contributed by atoms with E-state index in [0.717, 1.165) is 36.1 Å². The fraction of sp³-hybridized carbons (Fsp3) is 0.385. The molecule has 0 saturated carbocycles. The van der Waals surface area contributed by atoms with Crippen LogP contribution in [0, 0.1) is 5.82 Å². The van der Waals surface area contributed by atoms with E-state index in [1.807, 2.05) is 0 Å². The molecule has 2 heterocycles. The molecule has 1 N–H and O–H groups in total. The SMILES string of the molecule is C=CCn1c(COc2ccc(F)cc2Cl)nnc1SCC(=O)Nc1sc2c(c1C(=O)OC(C)C)CCCC2. The summed E-state index contributed by atoms with van der Waals surface area (Å²) in [5.41, 5.74) is 1.47. The molecule has 1 aliphatic carbocycles. The molecule has 12 heteroatoms. The summed E-state index contributed by atoms with van der Waals surface area (Å²) in [6.45, 7) is 7.83. The molecule has 3 aromatic rings. The highest BCUT2D eigenvalue weighted by atomic mass is 35.5. The van der Waals surface area contributed by atoms with Crippen molar-refractivity contribution in [2.45, 2.75) is 63.9 Å². The summed E-state index contributed by atoms with van der Waals surface area (Å²) in [6, 6.07) is 3.87. The van der Waals surface area contributed by atoms with Crippen molar-refractivity contribution in [1.82, 2.24) is 14.8 Å². The van der Waals surface area contributed by atoms with Gasteiger partial charge in [-0.25, -0.2) is 9.18 Å². The smallest absolute Gasteiger partial charge is 0.341 e. The van der Waals surface area contributed by atoms with Crippen molar-refractivity contribution in [2.75, 3.05) is 11.1 Å². The molecule has 0 atom stereocenters. The maximum atomic E-state index is 13.3. The maximum Gasteiger partial charge on any atom is 0.341 e. The summed E-state index contributed by atoms with van der Waals surface area (Å²) in [6.07, 6.45) is 5.20. The van der Waals surface area contributed by atoms with Crippen LogP contribution in [0.5, 0.6) is 5.75 Å². The molecule has 4 rings (SSSR count). The average Bonchev–Trinajstić information content (AvgIpc) is 3.42. The summed E-state index contributed by atoms with van der Waals surface area (Å²) in [5.74, 6) is -0.254. The zero-order chi connectivity index (χ0) is 27.2. The van der Waals surface area contributed by atoms with Crippen molar-refractivity contribution >= 4 is 51.6 Å². The van der Waals surface area contributed by atoms with Gasteiger partial charge in [-0.2, -0.15) is 0 Å². The molecule has 2 aromatic heterocycles. The Morgan fingerprint density at radius 2 is 2.11 bits per heavy atom. The zero-order valence-corrected chi connectivity index (χ0v) is 23.5. The maximum absolute atomic E-state index is 13.3. The predicted molar refractivity (Wildman–Crippen MR) is 147 cm³/mol. The molecule has 0 bridgehead atoms. The van der Waals surface area contributed by atoms with Gasteiger partial charge in [-0.3, -0.25) is 9.36 Å². The second-order valence-electron chi connectivity index (χ2n) is 8.87. The van der Waals surface area contributed by atoms with Crippen LogP contribution in [-0.2, 0) is 35.5 Å². The van der Waals surface area contributed by atoms with Crippen LogP contribution in [0.15, 0.2) is 36.0 Å². The van der Waals surface area contributed by atoms with Crippen LogP contribution < -0.4 is 10.1 Å². The lowest BCUT2D eigenvalue weighted by Gasteiger charge is -2.14. The van der Waals surface area contributed by atoms with Gasteiger partial charge in [0.25, 0.3) is 0 Å². The van der Waals surface area contributed by atoms with Gasteiger partial charge >= 0.3 is 5.97 Å². The number of allylic oxidation sites excluding steroid dienone is 1. The van der Waals surface area contributed by atoms with Crippen molar-refractivity contribution in [3.05, 3.63) is 63.5 Å². The molecule has 0 aliphatic heterocycles. The molecular formula is C26H28ClFN4O4S2.